The zero-order valence-corrected chi connectivity index (χ0v) is 13.1. The number of rotatable bonds is 3. The number of carbonyl (C=O) groups is 1. The number of methoxy groups -OCH3 is 1. The second-order valence-electron chi connectivity index (χ2n) is 4.91. The summed E-state index contributed by atoms with van der Waals surface area (Å²) in [5.74, 6) is 7.92. The lowest BCUT2D eigenvalue weighted by Gasteiger charge is -2.06. The molecular formula is C18H16N2O4. The van der Waals surface area contributed by atoms with Crippen molar-refractivity contribution in [2.45, 2.75) is 0 Å². The van der Waals surface area contributed by atoms with Crippen molar-refractivity contribution in [3.63, 3.8) is 0 Å². The van der Waals surface area contributed by atoms with Gasteiger partial charge in [-0.15, -0.1) is 0 Å². The third-order valence-electron chi connectivity index (χ3n) is 3.29. The Kier molecular flexibility index (Phi) is 4.73. The summed E-state index contributed by atoms with van der Waals surface area (Å²) < 4.78 is 15.6. The van der Waals surface area contributed by atoms with E-state index in [4.69, 9.17) is 14.2 Å². The maximum Gasteiger partial charge on any atom is 0.319 e. The predicted octanol–water partition coefficient (Wildman–Crippen LogP) is 2.60. The van der Waals surface area contributed by atoms with E-state index in [2.05, 4.69) is 22.5 Å². The van der Waals surface area contributed by atoms with Crippen molar-refractivity contribution in [3.8, 4) is 29.1 Å². The normalized spacial score (nSPS) is 11.2. The maximum atomic E-state index is 11.8. The van der Waals surface area contributed by atoms with Crippen LogP contribution in [0, 0.1) is 11.8 Å². The number of hydrogen-bond donors (Lipinski definition) is 2. The van der Waals surface area contributed by atoms with E-state index >= 15 is 0 Å². The number of carbonyl (C=O) groups excluding carboxylic acids is 1. The van der Waals surface area contributed by atoms with E-state index in [1.165, 1.54) is 0 Å². The summed E-state index contributed by atoms with van der Waals surface area (Å²) in [6.07, 6.45) is 0. The highest BCUT2D eigenvalue weighted by Crippen LogP contribution is 2.34. The van der Waals surface area contributed by atoms with E-state index in [1.807, 2.05) is 24.3 Å². The van der Waals surface area contributed by atoms with E-state index in [0.717, 1.165) is 11.3 Å². The number of urea groups is 1. The van der Waals surface area contributed by atoms with Crippen molar-refractivity contribution in [2.75, 3.05) is 25.8 Å². The molecule has 1 aliphatic heterocycles. The summed E-state index contributed by atoms with van der Waals surface area (Å²) in [7, 11) is 1.61. The fourth-order valence-electron chi connectivity index (χ4n) is 2.09. The van der Waals surface area contributed by atoms with Crippen LogP contribution in [0.25, 0.3) is 0 Å². The predicted molar refractivity (Wildman–Crippen MR) is 89.5 cm³/mol. The molecule has 0 bridgehead atoms. The summed E-state index contributed by atoms with van der Waals surface area (Å²) in [4.78, 5) is 11.8. The largest absolute Gasteiger partial charge is 0.497 e. The zero-order chi connectivity index (χ0) is 16.8. The molecule has 0 radical (unpaired) electrons. The Morgan fingerprint density at radius 3 is 2.75 bits per heavy atom. The van der Waals surface area contributed by atoms with Gasteiger partial charge in [-0.05, 0) is 36.4 Å². The van der Waals surface area contributed by atoms with Crippen molar-refractivity contribution in [1.82, 2.24) is 5.32 Å². The minimum absolute atomic E-state index is 0.200. The van der Waals surface area contributed by atoms with Crippen molar-refractivity contribution < 1.29 is 19.0 Å². The number of fused-ring (bicyclic) bond motifs is 1. The molecule has 0 unspecified atom stereocenters. The summed E-state index contributed by atoms with van der Waals surface area (Å²) in [5, 5.41) is 5.39. The first-order chi connectivity index (χ1) is 11.7. The van der Waals surface area contributed by atoms with Gasteiger partial charge in [0, 0.05) is 17.3 Å². The van der Waals surface area contributed by atoms with Crippen molar-refractivity contribution in [1.29, 1.82) is 0 Å². The van der Waals surface area contributed by atoms with E-state index in [9.17, 15) is 4.79 Å². The Hall–Kier alpha value is -3.33. The fraction of sp³-hybridized carbons (Fsp3) is 0.167. The van der Waals surface area contributed by atoms with E-state index in [1.54, 1.807) is 25.3 Å². The van der Waals surface area contributed by atoms with Gasteiger partial charge in [0.25, 0.3) is 0 Å². The van der Waals surface area contributed by atoms with Crippen LogP contribution in [0.15, 0.2) is 42.5 Å². The molecule has 6 heteroatoms. The smallest absolute Gasteiger partial charge is 0.319 e. The maximum absolute atomic E-state index is 11.8. The average molecular weight is 324 g/mol. The van der Waals surface area contributed by atoms with Crippen molar-refractivity contribution >= 4 is 11.7 Å². The Labute approximate surface area is 139 Å². The van der Waals surface area contributed by atoms with Gasteiger partial charge < -0.3 is 24.8 Å². The van der Waals surface area contributed by atoms with Gasteiger partial charge in [-0.25, -0.2) is 4.79 Å². The van der Waals surface area contributed by atoms with Crippen molar-refractivity contribution in [3.05, 3.63) is 48.0 Å². The molecule has 6 nitrogen and oxygen atoms in total. The highest BCUT2D eigenvalue weighted by molar-refractivity contribution is 5.89. The lowest BCUT2D eigenvalue weighted by Crippen LogP contribution is -2.28. The lowest BCUT2D eigenvalue weighted by atomic mass is 10.2. The van der Waals surface area contributed by atoms with Gasteiger partial charge in [-0.1, -0.05) is 11.8 Å². The van der Waals surface area contributed by atoms with Gasteiger partial charge in [0.15, 0.2) is 11.5 Å². The number of ether oxygens (including phenoxy) is 3. The Morgan fingerprint density at radius 2 is 1.96 bits per heavy atom. The molecule has 2 amide bonds. The minimum atomic E-state index is -0.335. The van der Waals surface area contributed by atoms with Gasteiger partial charge in [0.1, 0.15) is 5.75 Å². The van der Waals surface area contributed by atoms with Crippen LogP contribution in [0.4, 0.5) is 10.5 Å². The van der Waals surface area contributed by atoms with Crippen LogP contribution in [-0.2, 0) is 0 Å². The quantitative estimate of drug-likeness (QED) is 0.852. The molecule has 1 heterocycles. The Morgan fingerprint density at radius 1 is 1.17 bits per heavy atom. The van der Waals surface area contributed by atoms with Crippen molar-refractivity contribution in [2.24, 2.45) is 0 Å². The molecule has 2 aromatic carbocycles. The molecule has 0 aromatic heterocycles. The molecule has 0 aliphatic carbocycles. The third kappa shape index (κ3) is 3.90. The molecule has 0 saturated carbocycles. The van der Waals surface area contributed by atoms with Crippen LogP contribution in [0.1, 0.15) is 5.56 Å². The molecule has 122 valence electrons. The molecule has 0 saturated heterocycles. The number of amides is 2. The number of hydrogen-bond acceptors (Lipinski definition) is 4. The van der Waals surface area contributed by atoms with Gasteiger partial charge in [-0.3, -0.25) is 0 Å². The second kappa shape index (κ2) is 7.29. The van der Waals surface area contributed by atoms with Crippen LogP contribution in [0.3, 0.4) is 0 Å². The van der Waals surface area contributed by atoms with Gasteiger partial charge in [-0.2, -0.15) is 0 Å². The van der Waals surface area contributed by atoms with Crippen LogP contribution in [-0.4, -0.2) is 26.5 Å². The summed E-state index contributed by atoms with van der Waals surface area (Å²) in [5.41, 5.74) is 1.48. The summed E-state index contributed by atoms with van der Waals surface area (Å²) in [6, 6.07) is 12.3. The molecule has 2 aromatic rings. The number of nitrogens with one attached hydrogen (secondary N) is 2. The van der Waals surface area contributed by atoms with Crippen LogP contribution in [0.2, 0.25) is 0 Å². The second-order valence-corrected chi connectivity index (χ2v) is 4.91. The van der Waals surface area contributed by atoms with E-state index in [-0.39, 0.29) is 19.4 Å². The molecule has 24 heavy (non-hydrogen) atoms. The first kappa shape index (κ1) is 15.6. The SMILES string of the molecule is COc1ccc(C#CCNC(=O)Nc2ccc3c(c2)OCO3)cc1. The number of anilines is 1. The summed E-state index contributed by atoms with van der Waals surface area (Å²) >= 11 is 0. The summed E-state index contributed by atoms with van der Waals surface area (Å²) in [6.45, 7) is 0.439. The molecule has 0 spiro atoms. The fourth-order valence-corrected chi connectivity index (χ4v) is 2.09. The van der Waals surface area contributed by atoms with Gasteiger partial charge in [0.05, 0.1) is 13.7 Å². The highest BCUT2D eigenvalue weighted by atomic mass is 16.7. The topological polar surface area (TPSA) is 68.8 Å². The lowest BCUT2D eigenvalue weighted by molar-refractivity contribution is 0.174. The zero-order valence-electron chi connectivity index (χ0n) is 13.1. The molecule has 1 aliphatic rings. The molecule has 0 atom stereocenters. The third-order valence-corrected chi connectivity index (χ3v) is 3.29. The monoisotopic (exact) mass is 324 g/mol. The molecule has 0 fully saturated rings. The number of benzene rings is 2. The van der Waals surface area contributed by atoms with E-state index in [0.29, 0.717) is 17.2 Å². The van der Waals surface area contributed by atoms with Gasteiger partial charge in [0.2, 0.25) is 6.79 Å². The Bertz CT molecular complexity index is 791. The molecule has 2 N–H and O–H groups in total. The van der Waals surface area contributed by atoms with Gasteiger partial charge >= 0.3 is 6.03 Å². The van der Waals surface area contributed by atoms with Crippen LogP contribution in [0.5, 0.6) is 17.2 Å². The first-order valence-corrected chi connectivity index (χ1v) is 7.32. The minimum Gasteiger partial charge on any atom is -0.497 e. The Balaban J connectivity index is 1.48. The highest BCUT2D eigenvalue weighted by Gasteiger charge is 2.13. The standard InChI is InChI=1S/C18H16N2O4/c1-22-15-7-4-13(5-8-15)3-2-10-19-18(21)20-14-6-9-16-17(11-14)24-12-23-16/h4-9,11H,10,12H2,1H3,(H2,19,20,21). The van der Waals surface area contributed by atoms with Crippen LogP contribution >= 0.6 is 0 Å². The van der Waals surface area contributed by atoms with E-state index < -0.39 is 0 Å². The molecule has 3 rings (SSSR count). The van der Waals surface area contributed by atoms with Crippen LogP contribution < -0.4 is 24.8 Å². The first-order valence-electron chi connectivity index (χ1n) is 7.32. The average Bonchev–Trinajstić information content (AvgIpc) is 3.07. The molecular weight excluding hydrogens is 308 g/mol.